The van der Waals surface area contributed by atoms with Gasteiger partial charge in [-0.25, -0.2) is 0 Å². The van der Waals surface area contributed by atoms with Crippen molar-refractivity contribution in [2.24, 2.45) is 23.2 Å². The average Bonchev–Trinajstić information content (AvgIpc) is 2.36. The third-order valence-corrected chi connectivity index (χ3v) is 4.52. The maximum Gasteiger partial charge on any atom is 0.308 e. The van der Waals surface area contributed by atoms with Crippen LogP contribution in [0.1, 0.15) is 59.8 Å². The molecule has 0 bridgehead atoms. The lowest BCUT2D eigenvalue weighted by Gasteiger charge is -2.36. The maximum absolute atomic E-state index is 12.2. The van der Waals surface area contributed by atoms with Crippen LogP contribution in [0.15, 0.2) is 0 Å². The number of methoxy groups -OCH3 is 1. The van der Waals surface area contributed by atoms with Crippen LogP contribution >= 0.6 is 0 Å². The lowest BCUT2D eigenvalue weighted by Crippen LogP contribution is -2.30. The van der Waals surface area contributed by atoms with E-state index in [0.717, 1.165) is 31.6 Å². The summed E-state index contributed by atoms with van der Waals surface area (Å²) in [5.41, 5.74) is 0.341. The van der Waals surface area contributed by atoms with Gasteiger partial charge in [-0.2, -0.15) is 0 Å². The van der Waals surface area contributed by atoms with E-state index in [1.807, 2.05) is 0 Å². The summed E-state index contributed by atoms with van der Waals surface area (Å²) in [5.74, 6) is 0.528. The van der Waals surface area contributed by atoms with Crippen LogP contribution in [0.25, 0.3) is 0 Å². The van der Waals surface area contributed by atoms with Gasteiger partial charge in [-0.3, -0.25) is 9.59 Å². The molecule has 0 saturated heterocycles. The molecule has 1 saturated carbocycles. The summed E-state index contributed by atoms with van der Waals surface area (Å²) < 4.78 is 4.67. The van der Waals surface area contributed by atoms with Crippen LogP contribution in [0.5, 0.6) is 0 Å². The Hall–Kier alpha value is -0.860. The topological polar surface area (TPSA) is 43.4 Å². The monoisotopic (exact) mass is 268 g/mol. The summed E-state index contributed by atoms with van der Waals surface area (Å²) in [7, 11) is 1.37. The maximum atomic E-state index is 12.2. The molecule has 0 amide bonds. The minimum atomic E-state index is -0.308. The van der Waals surface area contributed by atoms with Gasteiger partial charge in [0.1, 0.15) is 5.78 Å². The zero-order chi connectivity index (χ0) is 14.6. The molecule has 0 aromatic heterocycles. The Labute approximate surface area is 117 Å². The summed E-state index contributed by atoms with van der Waals surface area (Å²) in [4.78, 5) is 23.5. The highest BCUT2D eigenvalue weighted by Crippen LogP contribution is 2.40. The van der Waals surface area contributed by atoms with Crippen molar-refractivity contribution in [1.82, 2.24) is 0 Å². The highest BCUT2D eigenvalue weighted by molar-refractivity contribution is 5.85. The Balaban J connectivity index is 2.43. The van der Waals surface area contributed by atoms with Crippen LogP contribution in [-0.4, -0.2) is 18.9 Å². The van der Waals surface area contributed by atoms with E-state index in [2.05, 4.69) is 25.5 Å². The summed E-state index contributed by atoms with van der Waals surface area (Å²) in [6.45, 7) is 8.60. The van der Waals surface area contributed by atoms with Crippen LogP contribution in [-0.2, 0) is 14.3 Å². The molecule has 0 spiro atoms. The zero-order valence-corrected chi connectivity index (χ0v) is 13.0. The summed E-state index contributed by atoms with van der Waals surface area (Å²) in [6, 6.07) is 0. The molecule has 1 aliphatic rings. The largest absolute Gasteiger partial charge is 0.469 e. The Morgan fingerprint density at radius 2 is 1.68 bits per heavy atom. The summed E-state index contributed by atoms with van der Waals surface area (Å²) >= 11 is 0. The second kappa shape index (κ2) is 6.53. The molecular formula is C16H28O3. The molecule has 3 nitrogen and oxygen atoms in total. The first-order valence-corrected chi connectivity index (χ1v) is 7.36. The lowest BCUT2D eigenvalue weighted by molar-refractivity contribution is -0.147. The smallest absolute Gasteiger partial charge is 0.308 e. The van der Waals surface area contributed by atoms with Crippen molar-refractivity contribution >= 4 is 11.8 Å². The van der Waals surface area contributed by atoms with Crippen LogP contribution < -0.4 is 0 Å². The number of Topliss-reactive ketones (excluding diaryl/α,β-unsaturated/α-hetero) is 1. The van der Waals surface area contributed by atoms with Crippen LogP contribution in [0.2, 0.25) is 0 Å². The van der Waals surface area contributed by atoms with E-state index in [4.69, 9.17) is 0 Å². The summed E-state index contributed by atoms with van der Waals surface area (Å²) in [6.07, 6.45) is 4.56. The van der Waals surface area contributed by atoms with E-state index in [1.165, 1.54) is 7.11 Å². The Bertz CT molecular complexity index is 319. The number of rotatable bonds is 4. The minimum Gasteiger partial charge on any atom is -0.469 e. The van der Waals surface area contributed by atoms with Gasteiger partial charge in [0.25, 0.3) is 0 Å². The Morgan fingerprint density at radius 3 is 2.11 bits per heavy atom. The fraction of sp³-hybridized carbons (Fsp3) is 0.875. The molecule has 0 aromatic carbocycles. The van der Waals surface area contributed by atoms with Gasteiger partial charge in [-0.15, -0.1) is 0 Å². The van der Waals surface area contributed by atoms with Crippen molar-refractivity contribution in [1.29, 1.82) is 0 Å². The number of carbonyl (C=O) groups is 2. The van der Waals surface area contributed by atoms with E-state index in [9.17, 15) is 9.59 Å². The van der Waals surface area contributed by atoms with Gasteiger partial charge in [0, 0.05) is 12.3 Å². The van der Waals surface area contributed by atoms with Gasteiger partial charge in [0.15, 0.2) is 0 Å². The third-order valence-electron chi connectivity index (χ3n) is 4.52. The van der Waals surface area contributed by atoms with Crippen molar-refractivity contribution < 1.29 is 14.3 Å². The number of esters is 1. The predicted octanol–water partition coefficient (Wildman–Crippen LogP) is 3.61. The van der Waals surface area contributed by atoms with Gasteiger partial charge < -0.3 is 4.74 Å². The molecule has 0 N–H and O–H groups in total. The molecule has 110 valence electrons. The van der Waals surface area contributed by atoms with Gasteiger partial charge in [-0.05, 0) is 37.0 Å². The highest BCUT2D eigenvalue weighted by Gasteiger charge is 2.33. The lowest BCUT2D eigenvalue weighted by atomic mass is 9.69. The molecular weight excluding hydrogens is 240 g/mol. The molecule has 19 heavy (non-hydrogen) atoms. The molecule has 1 rings (SSSR count). The molecule has 1 aliphatic carbocycles. The second-order valence-electron chi connectivity index (χ2n) is 7.01. The van der Waals surface area contributed by atoms with Gasteiger partial charge in [-0.1, -0.05) is 27.7 Å². The predicted molar refractivity (Wildman–Crippen MR) is 75.7 cm³/mol. The van der Waals surface area contributed by atoms with Crippen molar-refractivity contribution in [3.63, 3.8) is 0 Å². The molecule has 1 unspecified atom stereocenters. The van der Waals surface area contributed by atoms with Crippen molar-refractivity contribution in [3.05, 3.63) is 0 Å². The number of hydrogen-bond acceptors (Lipinski definition) is 3. The van der Waals surface area contributed by atoms with Crippen LogP contribution in [0.3, 0.4) is 0 Å². The first-order valence-electron chi connectivity index (χ1n) is 7.36. The highest BCUT2D eigenvalue weighted by atomic mass is 16.5. The minimum absolute atomic E-state index is 0.158. The molecule has 0 radical (unpaired) electrons. The normalized spacial score (nSPS) is 25.7. The fourth-order valence-corrected chi connectivity index (χ4v) is 3.03. The molecule has 0 aromatic rings. The molecule has 1 atom stereocenters. The Kier molecular flexibility index (Phi) is 5.57. The van der Waals surface area contributed by atoms with E-state index in [-0.39, 0.29) is 23.6 Å². The van der Waals surface area contributed by atoms with Crippen molar-refractivity contribution in [3.8, 4) is 0 Å². The van der Waals surface area contributed by atoms with Crippen molar-refractivity contribution in [2.45, 2.75) is 59.8 Å². The fourth-order valence-electron chi connectivity index (χ4n) is 3.03. The quantitative estimate of drug-likeness (QED) is 0.732. The van der Waals surface area contributed by atoms with E-state index in [1.54, 1.807) is 6.92 Å². The van der Waals surface area contributed by atoms with Gasteiger partial charge in [0.2, 0.25) is 0 Å². The van der Waals surface area contributed by atoms with E-state index in [0.29, 0.717) is 11.8 Å². The van der Waals surface area contributed by atoms with Gasteiger partial charge in [0.05, 0.1) is 13.0 Å². The second-order valence-corrected chi connectivity index (χ2v) is 7.01. The molecule has 3 heteroatoms. The van der Waals surface area contributed by atoms with E-state index >= 15 is 0 Å². The first kappa shape index (κ1) is 16.2. The van der Waals surface area contributed by atoms with Gasteiger partial charge >= 0.3 is 5.97 Å². The summed E-state index contributed by atoms with van der Waals surface area (Å²) in [5, 5.41) is 0. The van der Waals surface area contributed by atoms with Crippen LogP contribution in [0, 0.1) is 23.2 Å². The first-order chi connectivity index (χ1) is 8.75. The molecule has 1 fully saturated rings. The number of carbonyl (C=O) groups excluding carboxylic acids is 2. The SMILES string of the molecule is COC(=O)C(C)CC(=O)C1CCC(C(C)(C)C)CC1. The number of ketones is 1. The number of hydrogen-bond donors (Lipinski definition) is 0. The third kappa shape index (κ3) is 4.63. The van der Waals surface area contributed by atoms with E-state index < -0.39 is 0 Å². The zero-order valence-electron chi connectivity index (χ0n) is 13.0. The molecule has 0 aliphatic heterocycles. The number of ether oxygens (including phenoxy) is 1. The molecule has 0 heterocycles. The Morgan fingerprint density at radius 1 is 1.16 bits per heavy atom. The standard InChI is InChI=1S/C16H28O3/c1-11(15(18)19-5)10-14(17)12-6-8-13(9-7-12)16(2,3)4/h11-13H,6-10H2,1-5H3. The van der Waals surface area contributed by atoms with Crippen LogP contribution in [0.4, 0.5) is 0 Å². The van der Waals surface area contributed by atoms with Crippen molar-refractivity contribution in [2.75, 3.05) is 7.11 Å². The average molecular weight is 268 g/mol.